The fourth-order valence-electron chi connectivity index (χ4n) is 1.96. The number of esters is 1. The zero-order chi connectivity index (χ0) is 16.5. The van der Waals surface area contributed by atoms with Crippen LogP contribution in [0.4, 0.5) is 13.2 Å². The molecule has 0 fully saturated rings. The summed E-state index contributed by atoms with van der Waals surface area (Å²) in [4.78, 5) is 23.7. The van der Waals surface area contributed by atoms with E-state index >= 15 is 0 Å². The minimum atomic E-state index is -5.05. The lowest BCUT2D eigenvalue weighted by molar-refractivity contribution is -0.140. The molecule has 0 aliphatic rings. The van der Waals surface area contributed by atoms with Crippen molar-refractivity contribution in [2.45, 2.75) is 6.18 Å². The molecule has 2 rings (SSSR count). The number of methoxy groups -OCH3 is 1. The van der Waals surface area contributed by atoms with E-state index in [0.717, 1.165) is 11.8 Å². The van der Waals surface area contributed by atoms with E-state index in [2.05, 4.69) is 16.4 Å². The Morgan fingerprint density at radius 1 is 1.27 bits per heavy atom. The molecule has 116 valence electrons. The number of carbonyl (C=O) groups is 1. The molecule has 0 aliphatic heterocycles. The van der Waals surface area contributed by atoms with Crippen LogP contribution >= 0.6 is 0 Å². The molecular weight excluding hydrogens is 301 g/mol. The van der Waals surface area contributed by atoms with E-state index in [4.69, 9.17) is 0 Å². The molecule has 1 heterocycles. The summed E-state index contributed by atoms with van der Waals surface area (Å²) in [6, 6.07) is 7.95. The number of alkyl halides is 3. The van der Waals surface area contributed by atoms with Crippen molar-refractivity contribution in [1.29, 1.82) is 0 Å². The van der Waals surface area contributed by atoms with Gasteiger partial charge in [-0.25, -0.2) is 9.48 Å². The van der Waals surface area contributed by atoms with E-state index in [1.165, 1.54) is 12.1 Å². The molecule has 2 aromatic rings. The first-order chi connectivity index (χ1) is 10.3. The fourth-order valence-corrected chi connectivity index (χ4v) is 1.96. The lowest BCUT2D eigenvalue weighted by Gasteiger charge is -2.07. The third-order valence-electron chi connectivity index (χ3n) is 2.90. The van der Waals surface area contributed by atoms with Gasteiger partial charge in [0.25, 0.3) is 5.56 Å². The highest BCUT2D eigenvalue weighted by atomic mass is 19.4. The van der Waals surface area contributed by atoms with E-state index < -0.39 is 28.5 Å². The smallest absolute Gasteiger partial charge is 0.424 e. The van der Waals surface area contributed by atoms with Crippen LogP contribution in [-0.2, 0) is 9.53 Å². The first kappa shape index (κ1) is 15.6. The monoisotopic (exact) mass is 312 g/mol. The van der Waals surface area contributed by atoms with Gasteiger partial charge in [0.05, 0.1) is 23.4 Å². The van der Waals surface area contributed by atoms with Gasteiger partial charge < -0.3 is 4.74 Å². The highest BCUT2D eigenvalue weighted by Gasteiger charge is 2.41. The molecule has 5 nitrogen and oxygen atoms in total. The highest BCUT2D eigenvalue weighted by molar-refractivity contribution is 6.11. The molecule has 0 saturated carbocycles. The van der Waals surface area contributed by atoms with E-state index in [1.807, 2.05) is 0 Å². The minimum Gasteiger partial charge on any atom is -0.465 e. The summed E-state index contributed by atoms with van der Waals surface area (Å²) in [6.07, 6.45) is -5.05. The molecule has 8 heteroatoms. The zero-order valence-corrected chi connectivity index (χ0v) is 11.4. The lowest BCUT2D eigenvalue weighted by atomic mass is 10.2. The summed E-state index contributed by atoms with van der Waals surface area (Å²) >= 11 is 0. The van der Waals surface area contributed by atoms with Crippen LogP contribution in [0.3, 0.4) is 0 Å². The third kappa shape index (κ3) is 2.67. The number of halogens is 3. The molecule has 22 heavy (non-hydrogen) atoms. The van der Waals surface area contributed by atoms with Crippen molar-refractivity contribution in [3.05, 3.63) is 51.3 Å². The van der Waals surface area contributed by atoms with Gasteiger partial charge in [0.1, 0.15) is 0 Å². The Hall–Kier alpha value is -2.77. The van der Waals surface area contributed by atoms with Crippen LogP contribution in [0.1, 0.15) is 0 Å². The predicted octanol–water partition coefficient (Wildman–Crippen LogP) is 0.462. The number of H-pyrrole nitrogens is 1. The molecule has 0 unspecified atom stereocenters. The van der Waals surface area contributed by atoms with Crippen molar-refractivity contribution < 1.29 is 22.7 Å². The van der Waals surface area contributed by atoms with Gasteiger partial charge in [-0.15, -0.1) is 0 Å². The van der Waals surface area contributed by atoms with Gasteiger partial charge in [0.2, 0.25) is 0 Å². The SMILES string of the molecule is C=c1[nH]n(-c2ccccc2)c(=O)c1=C(C(=O)OC)C(F)(F)F. The van der Waals surface area contributed by atoms with Gasteiger partial charge in [-0.3, -0.25) is 9.89 Å². The molecule has 0 saturated heterocycles. The number of hydrogen-bond acceptors (Lipinski definition) is 3. The molecule has 0 atom stereocenters. The number of carbonyl (C=O) groups excluding carboxylic acids is 1. The van der Waals surface area contributed by atoms with Crippen LogP contribution in [-0.4, -0.2) is 29.0 Å². The van der Waals surface area contributed by atoms with Gasteiger partial charge >= 0.3 is 12.1 Å². The summed E-state index contributed by atoms with van der Waals surface area (Å²) in [5.74, 6) is -1.64. The minimum absolute atomic E-state index is 0.315. The largest absolute Gasteiger partial charge is 0.465 e. The van der Waals surface area contributed by atoms with Crippen molar-refractivity contribution in [2.24, 2.45) is 0 Å². The first-order valence-electron chi connectivity index (χ1n) is 6.02. The van der Waals surface area contributed by atoms with Crippen LogP contribution < -0.4 is 16.1 Å². The summed E-state index contributed by atoms with van der Waals surface area (Å²) in [5.41, 5.74) is -2.40. The quantitative estimate of drug-likeness (QED) is 0.820. The number of hydrogen-bond donors (Lipinski definition) is 1. The second-order valence-electron chi connectivity index (χ2n) is 4.31. The first-order valence-corrected chi connectivity index (χ1v) is 6.02. The van der Waals surface area contributed by atoms with E-state index in [0.29, 0.717) is 5.69 Å². The van der Waals surface area contributed by atoms with E-state index in [9.17, 15) is 22.8 Å². The van der Waals surface area contributed by atoms with Crippen molar-refractivity contribution in [2.75, 3.05) is 7.11 Å². The van der Waals surface area contributed by atoms with Crippen LogP contribution in [0.2, 0.25) is 0 Å². The van der Waals surface area contributed by atoms with Crippen LogP contribution in [0, 0.1) is 0 Å². The Bertz CT molecular complexity index is 863. The Kier molecular flexibility index (Phi) is 3.94. The zero-order valence-electron chi connectivity index (χ0n) is 11.4. The van der Waals surface area contributed by atoms with E-state index in [-0.39, 0.29) is 5.35 Å². The molecule has 0 spiro atoms. The lowest BCUT2D eigenvalue weighted by Crippen LogP contribution is -2.42. The number of nitrogens with one attached hydrogen (secondary N) is 1. The Balaban J connectivity index is 2.90. The third-order valence-corrected chi connectivity index (χ3v) is 2.90. The number of rotatable bonds is 2. The number of nitrogens with zero attached hydrogens (tertiary/aromatic N) is 1. The van der Waals surface area contributed by atoms with Gasteiger partial charge in [-0.1, -0.05) is 24.8 Å². The standard InChI is InChI=1S/C14H11F3N2O3/c1-8-10(11(13(21)22-2)14(15,16)17)12(20)19(18-8)9-6-4-3-5-7-9/h3-7,18H,1H2,2H3. The average Bonchev–Trinajstić information content (AvgIpc) is 2.75. The molecule has 0 aliphatic carbocycles. The summed E-state index contributed by atoms with van der Waals surface area (Å²) in [7, 11) is 0.805. The highest BCUT2D eigenvalue weighted by Crippen LogP contribution is 2.26. The Morgan fingerprint density at radius 3 is 2.36 bits per heavy atom. The summed E-state index contributed by atoms with van der Waals surface area (Å²) in [5, 5.41) is 1.24. The van der Waals surface area contributed by atoms with Crippen LogP contribution in [0.15, 0.2) is 35.1 Å². The van der Waals surface area contributed by atoms with E-state index in [1.54, 1.807) is 18.2 Å². The van der Waals surface area contributed by atoms with Crippen molar-refractivity contribution in [3.8, 4) is 5.69 Å². The van der Waals surface area contributed by atoms with Crippen molar-refractivity contribution in [3.63, 3.8) is 0 Å². The second-order valence-corrected chi connectivity index (χ2v) is 4.31. The molecule has 1 N–H and O–H groups in total. The molecular formula is C14H11F3N2O3. The average molecular weight is 312 g/mol. The topological polar surface area (TPSA) is 64.1 Å². The predicted molar refractivity (Wildman–Crippen MR) is 72.6 cm³/mol. The maximum absolute atomic E-state index is 13.1. The van der Waals surface area contributed by atoms with Gasteiger partial charge in [0.15, 0.2) is 5.57 Å². The van der Waals surface area contributed by atoms with Crippen molar-refractivity contribution in [1.82, 2.24) is 9.78 Å². The summed E-state index contributed by atoms with van der Waals surface area (Å²) in [6.45, 7) is 3.37. The molecule has 1 aromatic carbocycles. The molecule has 0 radical (unpaired) electrons. The van der Waals surface area contributed by atoms with Crippen LogP contribution in [0.25, 0.3) is 17.8 Å². The number of ether oxygens (including phenoxy) is 1. The Morgan fingerprint density at radius 2 is 1.86 bits per heavy atom. The number of aromatic amines is 1. The molecule has 0 bridgehead atoms. The van der Waals surface area contributed by atoms with Gasteiger partial charge in [-0.2, -0.15) is 13.2 Å². The molecule has 1 aromatic heterocycles. The molecule has 0 amide bonds. The number of para-hydroxylation sites is 1. The van der Waals surface area contributed by atoms with Gasteiger partial charge in [-0.05, 0) is 12.1 Å². The number of aromatic nitrogens is 2. The maximum atomic E-state index is 13.1. The normalized spacial score (nSPS) is 12.9. The maximum Gasteiger partial charge on any atom is 0.424 e. The number of benzene rings is 1. The van der Waals surface area contributed by atoms with Crippen molar-refractivity contribution >= 4 is 18.1 Å². The van der Waals surface area contributed by atoms with Gasteiger partial charge in [0, 0.05) is 0 Å². The Labute approximate surface area is 121 Å². The summed E-state index contributed by atoms with van der Waals surface area (Å²) < 4.78 is 44.3. The second kappa shape index (κ2) is 5.55. The fraction of sp³-hybridized carbons (Fsp3) is 0.143. The van der Waals surface area contributed by atoms with Crippen LogP contribution in [0.5, 0.6) is 0 Å².